The van der Waals surface area contributed by atoms with E-state index in [1.807, 2.05) is 0 Å². The summed E-state index contributed by atoms with van der Waals surface area (Å²) in [5.41, 5.74) is 0. The summed E-state index contributed by atoms with van der Waals surface area (Å²) in [5, 5.41) is 31.0. The third-order valence-corrected chi connectivity index (χ3v) is 2.62. The monoisotopic (exact) mass is 189 g/mol. The molecule has 1 aliphatic rings. The van der Waals surface area contributed by atoms with Gasteiger partial charge in [0.2, 0.25) is 0 Å². The van der Waals surface area contributed by atoms with E-state index >= 15 is 0 Å². The van der Waals surface area contributed by atoms with E-state index in [1.165, 1.54) is 0 Å². The Labute approximate surface area is 78.6 Å². The molecule has 0 spiro atoms. The van der Waals surface area contributed by atoms with Crippen LogP contribution >= 0.6 is 0 Å². The van der Waals surface area contributed by atoms with Crippen LogP contribution in [0.15, 0.2) is 0 Å². The van der Waals surface area contributed by atoms with Gasteiger partial charge in [-0.25, -0.2) is 0 Å². The van der Waals surface area contributed by atoms with Crippen LogP contribution in [0.4, 0.5) is 0 Å². The van der Waals surface area contributed by atoms with Gasteiger partial charge in [0.05, 0.1) is 24.9 Å². The van der Waals surface area contributed by atoms with Crippen molar-refractivity contribution < 1.29 is 15.3 Å². The first-order valence-corrected chi connectivity index (χ1v) is 4.92. The average molecular weight is 189 g/mol. The standard InChI is InChI=1S/C9H19NO3/c1-2-3-6-4-8(12)9(13)7(5-11)10-6/h6-13H,2-5H2,1H3/t6-,7-,8+,9+/m1/s1. The quantitative estimate of drug-likeness (QED) is 0.470. The molecule has 4 nitrogen and oxygen atoms in total. The molecule has 1 heterocycles. The second-order valence-electron chi connectivity index (χ2n) is 3.73. The van der Waals surface area contributed by atoms with Gasteiger partial charge in [0.15, 0.2) is 0 Å². The molecule has 0 aromatic carbocycles. The van der Waals surface area contributed by atoms with E-state index in [2.05, 4.69) is 12.2 Å². The molecule has 1 aliphatic heterocycles. The van der Waals surface area contributed by atoms with Gasteiger partial charge in [0, 0.05) is 6.04 Å². The van der Waals surface area contributed by atoms with Gasteiger partial charge in [-0.2, -0.15) is 0 Å². The van der Waals surface area contributed by atoms with E-state index in [1.54, 1.807) is 0 Å². The average Bonchev–Trinajstić information content (AvgIpc) is 2.11. The highest BCUT2D eigenvalue weighted by Crippen LogP contribution is 2.17. The molecule has 0 unspecified atom stereocenters. The normalized spacial score (nSPS) is 40.6. The maximum atomic E-state index is 9.48. The SMILES string of the molecule is CCC[C@@H]1C[C@H](O)[C@@H](O)[C@@H](CO)N1. The minimum absolute atomic E-state index is 0.127. The smallest absolute Gasteiger partial charge is 0.0974 e. The zero-order chi connectivity index (χ0) is 9.84. The van der Waals surface area contributed by atoms with Crippen LogP contribution < -0.4 is 5.32 Å². The Morgan fingerprint density at radius 1 is 1.38 bits per heavy atom. The van der Waals surface area contributed by atoms with Gasteiger partial charge in [0.25, 0.3) is 0 Å². The van der Waals surface area contributed by atoms with Gasteiger partial charge in [-0.1, -0.05) is 13.3 Å². The predicted octanol–water partition coefficient (Wildman–Crippen LogP) is -0.769. The Bertz CT molecular complexity index is 154. The zero-order valence-electron chi connectivity index (χ0n) is 7.98. The highest BCUT2D eigenvalue weighted by atomic mass is 16.3. The predicted molar refractivity (Wildman–Crippen MR) is 49.3 cm³/mol. The van der Waals surface area contributed by atoms with E-state index in [0.717, 1.165) is 12.8 Å². The molecule has 1 fully saturated rings. The lowest BCUT2D eigenvalue weighted by Gasteiger charge is -2.37. The van der Waals surface area contributed by atoms with Crippen molar-refractivity contribution in [1.29, 1.82) is 0 Å². The van der Waals surface area contributed by atoms with Crippen LogP contribution in [0.25, 0.3) is 0 Å². The molecule has 1 rings (SSSR count). The first-order chi connectivity index (χ1) is 6.19. The molecular weight excluding hydrogens is 170 g/mol. The Balaban J connectivity index is 2.47. The van der Waals surface area contributed by atoms with Gasteiger partial charge in [-0.3, -0.25) is 0 Å². The molecule has 0 amide bonds. The highest BCUT2D eigenvalue weighted by molar-refractivity contribution is 4.91. The summed E-state index contributed by atoms with van der Waals surface area (Å²) in [5.74, 6) is 0. The Morgan fingerprint density at radius 2 is 2.08 bits per heavy atom. The molecule has 0 aromatic rings. The fraction of sp³-hybridized carbons (Fsp3) is 1.00. The zero-order valence-corrected chi connectivity index (χ0v) is 7.98. The number of hydrogen-bond acceptors (Lipinski definition) is 4. The Morgan fingerprint density at radius 3 is 2.62 bits per heavy atom. The van der Waals surface area contributed by atoms with Gasteiger partial charge >= 0.3 is 0 Å². The van der Waals surface area contributed by atoms with E-state index in [4.69, 9.17) is 5.11 Å². The summed E-state index contributed by atoms with van der Waals surface area (Å²) in [6.07, 6.45) is 1.05. The summed E-state index contributed by atoms with van der Waals surface area (Å²) in [4.78, 5) is 0. The molecule has 13 heavy (non-hydrogen) atoms. The number of hydrogen-bond donors (Lipinski definition) is 4. The number of aliphatic hydroxyl groups excluding tert-OH is 3. The van der Waals surface area contributed by atoms with E-state index in [0.29, 0.717) is 6.42 Å². The van der Waals surface area contributed by atoms with Gasteiger partial charge in [0.1, 0.15) is 0 Å². The minimum Gasteiger partial charge on any atom is -0.395 e. The largest absolute Gasteiger partial charge is 0.395 e. The van der Waals surface area contributed by atoms with Crippen molar-refractivity contribution >= 4 is 0 Å². The van der Waals surface area contributed by atoms with Crippen LogP contribution in [-0.2, 0) is 0 Å². The number of aliphatic hydroxyl groups is 3. The lowest BCUT2D eigenvalue weighted by molar-refractivity contribution is -0.0517. The lowest BCUT2D eigenvalue weighted by Crippen LogP contribution is -2.58. The maximum Gasteiger partial charge on any atom is 0.0974 e. The number of nitrogens with one attached hydrogen (secondary N) is 1. The van der Waals surface area contributed by atoms with E-state index < -0.39 is 12.2 Å². The van der Waals surface area contributed by atoms with Crippen LogP contribution in [0.5, 0.6) is 0 Å². The molecule has 78 valence electrons. The van der Waals surface area contributed by atoms with Crippen LogP contribution in [0.1, 0.15) is 26.2 Å². The molecule has 4 heteroatoms. The molecule has 0 radical (unpaired) electrons. The molecule has 4 atom stereocenters. The Kier molecular flexibility index (Phi) is 4.12. The van der Waals surface area contributed by atoms with Crippen molar-refractivity contribution in [2.24, 2.45) is 0 Å². The van der Waals surface area contributed by atoms with Gasteiger partial charge in [-0.05, 0) is 12.8 Å². The van der Waals surface area contributed by atoms with Crippen molar-refractivity contribution in [3.8, 4) is 0 Å². The summed E-state index contributed by atoms with van der Waals surface area (Å²) in [6.45, 7) is 1.95. The first-order valence-electron chi connectivity index (χ1n) is 4.92. The Hall–Kier alpha value is -0.160. The summed E-state index contributed by atoms with van der Waals surface area (Å²) in [7, 11) is 0. The first kappa shape index (κ1) is 10.9. The number of piperidine rings is 1. The third-order valence-electron chi connectivity index (χ3n) is 2.62. The second kappa shape index (κ2) is 4.91. The second-order valence-corrected chi connectivity index (χ2v) is 3.73. The molecule has 1 saturated heterocycles. The fourth-order valence-electron chi connectivity index (χ4n) is 1.88. The van der Waals surface area contributed by atoms with Crippen molar-refractivity contribution in [2.45, 2.75) is 50.5 Å². The summed E-state index contributed by atoms with van der Waals surface area (Å²) < 4.78 is 0. The highest BCUT2D eigenvalue weighted by Gasteiger charge is 2.34. The van der Waals surface area contributed by atoms with Crippen molar-refractivity contribution in [3.05, 3.63) is 0 Å². The molecule has 0 aliphatic carbocycles. The summed E-state index contributed by atoms with van der Waals surface area (Å²) >= 11 is 0. The van der Waals surface area contributed by atoms with Crippen molar-refractivity contribution in [2.75, 3.05) is 6.61 Å². The molecule has 0 bridgehead atoms. The van der Waals surface area contributed by atoms with Crippen LogP contribution in [-0.4, -0.2) is 46.2 Å². The molecular formula is C9H19NO3. The van der Waals surface area contributed by atoms with Crippen molar-refractivity contribution in [1.82, 2.24) is 5.32 Å². The third kappa shape index (κ3) is 2.64. The molecule has 0 aromatic heterocycles. The van der Waals surface area contributed by atoms with Crippen LogP contribution in [0.3, 0.4) is 0 Å². The van der Waals surface area contributed by atoms with E-state index in [9.17, 15) is 10.2 Å². The lowest BCUT2D eigenvalue weighted by atomic mass is 9.91. The van der Waals surface area contributed by atoms with E-state index in [-0.39, 0.29) is 18.7 Å². The fourth-order valence-corrected chi connectivity index (χ4v) is 1.88. The number of rotatable bonds is 3. The van der Waals surface area contributed by atoms with Crippen LogP contribution in [0.2, 0.25) is 0 Å². The maximum absolute atomic E-state index is 9.48. The summed E-state index contributed by atoms with van der Waals surface area (Å²) in [6, 6.07) is -0.152. The molecule has 4 N–H and O–H groups in total. The van der Waals surface area contributed by atoms with Crippen molar-refractivity contribution in [3.63, 3.8) is 0 Å². The van der Waals surface area contributed by atoms with Crippen LogP contribution in [0, 0.1) is 0 Å². The minimum atomic E-state index is -0.835. The van der Waals surface area contributed by atoms with Gasteiger partial charge < -0.3 is 20.6 Å². The van der Waals surface area contributed by atoms with Gasteiger partial charge in [-0.15, -0.1) is 0 Å². The molecule has 0 saturated carbocycles. The topological polar surface area (TPSA) is 72.7 Å².